The molecule has 0 aliphatic rings. The Kier molecular flexibility index (Phi) is 4.33. The van der Waals surface area contributed by atoms with Gasteiger partial charge in [0.15, 0.2) is 0 Å². The zero-order chi connectivity index (χ0) is 11.3. The molecule has 86 valence electrons. The molecule has 0 amide bonds. The van der Waals surface area contributed by atoms with Crippen molar-refractivity contribution in [3.63, 3.8) is 0 Å². The standard InChI is InChI=1S/C12H22N2O/c1-5-6-13-9-11-14-8-10(15-11)7-12(2,3)4/h8,13H,5-7,9H2,1-4H3. The molecular formula is C12H22N2O. The molecule has 0 aromatic carbocycles. The van der Waals surface area contributed by atoms with Crippen LogP contribution in [0.3, 0.4) is 0 Å². The highest BCUT2D eigenvalue weighted by atomic mass is 16.4. The Bertz CT molecular complexity index is 286. The van der Waals surface area contributed by atoms with Gasteiger partial charge in [0.05, 0.1) is 12.7 Å². The fourth-order valence-corrected chi connectivity index (χ4v) is 1.41. The lowest BCUT2D eigenvalue weighted by molar-refractivity contribution is 0.349. The molecule has 0 aliphatic carbocycles. The van der Waals surface area contributed by atoms with Gasteiger partial charge in [-0.15, -0.1) is 0 Å². The second-order valence-corrected chi connectivity index (χ2v) is 5.13. The van der Waals surface area contributed by atoms with Crippen molar-refractivity contribution >= 4 is 0 Å². The summed E-state index contributed by atoms with van der Waals surface area (Å²) in [7, 11) is 0. The molecule has 1 aromatic heterocycles. The predicted molar refractivity (Wildman–Crippen MR) is 61.7 cm³/mol. The van der Waals surface area contributed by atoms with Gasteiger partial charge in [0.1, 0.15) is 5.76 Å². The van der Waals surface area contributed by atoms with Gasteiger partial charge in [-0.25, -0.2) is 4.98 Å². The van der Waals surface area contributed by atoms with Crippen molar-refractivity contribution in [3.05, 3.63) is 17.8 Å². The van der Waals surface area contributed by atoms with E-state index in [0.717, 1.165) is 37.6 Å². The predicted octanol–water partition coefficient (Wildman–Crippen LogP) is 2.76. The van der Waals surface area contributed by atoms with Gasteiger partial charge >= 0.3 is 0 Å². The van der Waals surface area contributed by atoms with E-state index >= 15 is 0 Å². The zero-order valence-corrected chi connectivity index (χ0v) is 10.3. The first-order valence-corrected chi connectivity index (χ1v) is 5.65. The number of nitrogens with one attached hydrogen (secondary N) is 1. The molecule has 0 spiro atoms. The van der Waals surface area contributed by atoms with Crippen molar-refractivity contribution in [2.75, 3.05) is 6.54 Å². The quantitative estimate of drug-likeness (QED) is 0.759. The van der Waals surface area contributed by atoms with Crippen molar-refractivity contribution in [2.45, 2.75) is 47.1 Å². The van der Waals surface area contributed by atoms with Crippen LogP contribution in [0.1, 0.15) is 45.8 Å². The monoisotopic (exact) mass is 210 g/mol. The van der Waals surface area contributed by atoms with Gasteiger partial charge in [0.2, 0.25) is 5.89 Å². The third-order valence-electron chi connectivity index (χ3n) is 2.01. The first-order valence-electron chi connectivity index (χ1n) is 5.65. The van der Waals surface area contributed by atoms with Crippen LogP contribution >= 0.6 is 0 Å². The van der Waals surface area contributed by atoms with E-state index in [4.69, 9.17) is 4.42 Å². The fourth-order valence-electron chi connectivity index (χ4n) is 1.41. The summed E-state index contributed by atoms with van der Waals surface area (Å²) in [5, 5.41) is 3.27. The van der Waals surface area contributed by atoms with E-state index in [1.54, 1.807) is 0 Å². The molecule has 3 nitrogen and oxygen atoms in total. The smallest absolute Gasteiger partial charge is 0.208 e. The van der Waals surface area contributed by atoms with E-state index in [1.807, 2.05) is 6.20 Å². The summed E-state index contributed by atoms with van der Waals surface area (Å²) >= 11 is 0. The molecular weight excluding hydrogens is 188 g/mol. The molecule has 0 radical (unpaired) electrons. The summed E-state index contributed by atoms with van der Waals surface area (Å²) in [5.41, 5.74) is 0.258. The van der Waals surface area contributed by atoms with E-state index < -0.39 is 0 Å². The average Bonchev–Trinajstić information content (AvgIpc) is 2.50. The maximum Gasteiger partial charge on any atom is 0.208 e. The normalized spacial score (nSPS) is 12.0. The number of nitrogens with zero attached hydrogens (tertiary/aromatic N) is 1. The van der Waals surface area contributed by atoms with E-state index in [-0.39, 0.29) is 5.41 Å². The van der Waals surface area contributed by atoms with E-state index in [9.17, 15) is 0 Å². The Morgan fingerprint density at radius 1 is 1.40 bits per heavy atom. The lowest BCUT2D eigenvalue weighted by Crippen LogP contribution is -2.13. The Morgan fingerprint density at radius 2 is 2.13 bits per heavy atom. The second-order valence-electron chi connectivity index (χ2n) is 5.13. The molecule has 1 heterocycles. The van der Waals surface area contributed by atoms with Gasteiger partial charge in [-0.1, -0.05) is 27.7 Å². The maximum atomic E-state index is 5.63. The number of aromatic nitrogens is 1. The first-order chi connectivity index (χ1) is 7.01. The molecule has 0 atom stereocenters. The highest BCUT2D eigenvalue weighted by Gasteiger charge is 2.14. The summed E-state index contributed by atoms with van der Waals surface area (Å²) in [6, 6.07) is 0. The summed E-state index contributed by atoms with van der Waals surface area (Å²) in [6.45, 7) is 10.5. The topological polar surface area (TPSA) is 38.1 Å². The highest BCUT2D eigenvalue weighted by molar-refractivity contribution is 4.96. The molecule has 3 heteroatoms. The van der Waals surface area contributed by atoms with Gasteiger partial charge in [0.25, 0.3) is 0 Å². The number of hydrogen-bond acceptors (Lipinski definition) is 3. The van der Waals surface area contributed by atoms with Crippen LogP contribution in [0.2, 0.25) is 0 Å². The summed E-state index contributed by atoms with van der Waals surface area (Å²) < 4.78 is 5.63. The van der Waals surface area contributed by atoms with Crippen LogP contribution in [0.4, 0.5) is 0 Å². The molecule has 1 aromatic rings. The third kappa shape index (κ3) is 4.98. The Balaban J connectivity index is 2.42. The fraction of sp³-hybridized carbons (Fsp3) is 0.750. The number of rotatable bonds is 5. The largest absolute Gasteiger partial charge is 0.444 e. The lowest BCUT2D eigenvalue weighted by atomic mass is 9.91. The van der Waals surface area contributed by atoms with Gasteiger partial charge in [-0.05, 0) is 18.4 Å². The minimum atomic E-state index is 0.258. The van der Waals surface area contributed by atoms with Crippen molar-refractivity contribution in [1.82, 2.24) is 10.3 Å². The van der Waals surface area contributed by atoms with E-state index in [0.29, 0.717) is 0 Å². The van der Waals surface area contributed by atoms with Crippen LogP contribution in [0.25, 0.3) is 0 Å². The Hall–Kier alpha value is -0.830. The molecule has 1 N–H and O–H groups in total. The molecule has 0 unspecified atom stereocenters. The van der Waals surface area contributed by atoms with Crippen molar-refractivity contribution in [2.24, 2.45) is 5.41 Å². The van der Waals surface area contributed by atoms with Crippen LogP contribution in [-0.4, -0.2) is 11.5 Å². The van der Waals surface area contributed by atoms with Crippen LogP contribution in [-0.2, 0) is 13.0 Å². The SMILES string of the molecule is CCCNCc1ncc(CC(C)(C)C)o1. The number of hydrogen-bond donors (Lipinski definition) is 1. The van der Waals surface area contributed by atoms with Gasteiger partial charge in [0, 0.05) is 6.42 Å². The van der Waals surface area contributed by atoms with E-state index in [1.165, 1.54) is 0 Å². The van der Waals surface area contributed by atoms with Crippen LogP contribution in [0.15, 0.2) is 10.6 Å². The molecule has 0 saturated carbocycles. The van der Waals surface area contributed by atoms with Crippen LogP contribution < -0.4 is 5.32 Å². The summed E-state index contributed by atoms with van der Waals surface area (Å²) in [4.78, 5) is 4.24. The first kappa shape index (κ1) is 12.2. The molecule has 1 rings (SSSR count). The van der Waals surface area contributed by atoms with Crippen molar-refractivity contribution in [1.29, 1.82) is 0 Å². The molecule has 0 saturated heterocycles. The maximum absolute atomic E-state index is 5.63. The van der Waals surface area contributed by atoms with Crippen molar-refractivity contribution in [3.8, 4) is 0 Å². The number of oxazole rings is 1. The summed E-state index contributed by atoms with van der Waals surface area (Å²) in [6.07, 6.45) is 3.91. The zero-order valence-electron chi connectivity index (χ0n) is 10.3. The second kappa shape index (κ2) is 5.31. The molecule has 0 bridgehead atoms. The van der Waals surface area contributed by atoms with Crippen LogP contribution in [0, 0.1) is 5.41 Å². The van der Waals surface area contributed by atoms with Crippen molar-refractivity contribution < 1.29 is 4.42 Å². The Morgan fingerprint density at radius 3 is 2.73 bits per heavy atom. The summed E-state index contributed by atoms with van der Waals surface area (Å²) in [5.74, 6) is 1.78. The molecule has 0 fully saturated rings. The molecule has 0 aliphatic heterocycles. The van der Waals surface area contributed by atoms with Gasteiger partial charge < -0.3 is 9.73 Å². The minimum absolute atomic E-state index is 0.258. The van der Waals surface area contributed by atoms with Gasteiger partial charge in [-0.3, -0.25) is 0 Å². The lowest BCUT2D eigenvalue weighted by Gasteiger charge is -2.15. The Labute approximate surface area is 92.3 Å². The third-order valence-corrected chi connectivity index (χ3v) is 2.01. The molecule has 15 heavy (non-hydrogen) atoms. The van der Waals surface area contributed by atoms with Crippen LogP contribution in [0.5, 0.6) is 0 Å². The highest BCUT2D eigenvalue weighted by Crippen LogP contribution is 2.20. The average molecular weight is 210 g/mol. The minimum Gasteiger partial charge on any atom is -0.444 e. The van der Waals surface area contributed by atoms with E-state index in [2.05, 4.69) is 38.0 Å². The van der Waals surface area contributed by atoms with Gasteiger partial charge in [-0.2, -0.15) is 0 Å².